The lowest BCUT2D eigenvalue weighted by molar-refractivity contribution is 0.598. The van der Waals surface area contributed by atoms with E-state index in [0.29, 0.717) is 12.0 Å². The summed E-state index contributed by atoms with van der Waals surface area (Å²) in [5.74, 6) is 0.340. The van der Waals surface area contributed by atoms with Crippen LogP contribution in [0.1, 0.15) is 13.8 Å². The molecule has 48 valence electrons. The molecule has 0 aliphatic heterocycles. The first-order valence-corrected chi connectivity index (χ1v) is 3.67. The van der Waals surface area contributed by atoms with E-state index >= 15 is 0 Å². The van der Waals surface area contributed by atoms with E-state index in [2.05, 4.69) is 33.3 Å². The fourth-order valence-corrected chi connectivity index (χ4v) is 0.811. The maximum atomic E-state index is 6.87. The third-order valence-corrected chi connectivity index (χ3v) is 2.21. The minimum Gasteiger partial charge on any atom is -0.313 e. The SMILES string of the molecule is CC(C=N)C(C)NI. The topological polar surface area (TPSA) is 35.9 Å². The van der Waals surface area contributed by atoms with Gasteiger partial charge in [-0.2, -0.15) is 0 Å². The number of rotatable bonds is 3. The van der Waals surface area contributed by atoms with Gasteiger partial charge in [-0.05, 0) is 13.1 Å². The van der Waals surface area contributed by atoms with Crippen LogP contribution in [-0.4, -0.2) is 12.3 Å². The summed E-state index contributed by atoms with van der Waals surface area (Å²) in [6.45, 7) is 4.07. The van der Waals surface area contributed by atoms with E-state index in [4.69, 9.17) is 5.41 Å². The molecule has 2 atom stereocenters. The maximum Gasteiger partial charge on any atom is 0.0210 e. The molecule has 0 aromatic carbocycles. The number of halogens is 1. The van der Waals surface area contributed by atoms with Gasteiger partial charge in [0.1, 0.15) is 0 Å². The van der Waals surface area contributed by atoms with Gasteiger partial charge in [0.15, 0.2) is 0 Å². The Morgan fingerprint density at radius 1 is 1.62 bits per heavy atom. The fraction of sp³-hybridized carbons (Fsp3) is 0.800. The third-order valence-electron chi connectivity index (χ3n) is 1.22. The van der Waals surface area contributed by atoms with Gasteiger partial charge in [0.2, 0.25) is 0 Å². The number of nitrogens with one attached hydrogen (secondary N) is 2. The lowest BCUT2D eigenvalue weighted by atomic mass is 10.1. The number of hydrogen-bond acceptors (Lipinski definition) is 2. The van der Waals surface area contributed by atoms with Gasteiger partial charge in [-0.15, -0.1) is 0 Å². The van der Waals surface area contributed by atoms with Crippen LogP contribution in [0.15, 0.2) is 0 Å². The van der Waals surface area contributed by atoms with E-state index in [-0.39, 0.29) is 0 Å². The zero-order valence-electron chi connectivity index (χ0n) is 5.11. The maximum absolute atomic E-state index is 6.87. The quantitative estimate of drug-likeness (QED) is 0.428. The van der Waals surface area contributed by atoms with Crippen LogP contribution in [0.25, 0.3) is 0 Å². The van der Waals surface area contributed by atoms with Crippen LogP contribution in [0.2, 0.25) is 0 Å². The highest BCUT2D eigenvalue weighted by Crippen LogP contribution is 1.98. The predicted molar refractivity (Wildman–Crippen MR) is 44.6 cm³/mol. The molecule has 2 unspecified atom stereocenters. The molecule has 0 saturated heterocycles. The van der Waals surface area contributed by atoms with E-state index in [1.165, 1.54) is 6.21 Å². The summed E-state index contributed by atoms with van der Waals surface area (Å²) in [6.07, 6.45) is 1.45. The van der Waals surface area contributed by atoms with Crippen molar-refractivity contribution in [1.82, 2.24) is 3.53 Å². The molecule has 0 saturated carbocycles. The van der Waals surface area contributed by atoms with Crippen molar-refractivity contribution in [3.63, 3.8) is 0 Å². The normalized spacial score (nSPS) is 17.4. The molecule has 0 fully saturated rings. The molecule has 0 aromatic heterocycles. The van der Waals surface area contributed by atoms with Gasteiger partial charge in [0.05, 0.1) is 0 Å². The van der Waals surface area contributed by atoms with Gasteiger partial charge in [-0.1, -0.05) is 6.92 Å². The average Bonchev–Trinajstić information content (AvgIpc) is 1.84. The van der Waals surface area contributed by atoms with Crippen molar-refractivity contribution in [2.24, 2.45) is 5.92 Å². The van der Waals surface area contributed by atoms with Crippen molar-refractivity contribution in [2.45, 2.75) is 19.9 Å². The predicted octanol–water partition coefficient (Wildman–Crippen LogP) is 1.60. The average molecular weight is 226 g/mol. The molecule has 0 aliphatic rings. The summed E-state index contributed by atoms with van der Waals surface area (Å²) in [6, 6.07) is 0.410. The van der Waals surface area contributed by atoms with Gasteiger partial charge in [-0.25, -0.2) is 0 Å². The molecule has 0 aromatic rings. The van der Waals surface area contributed by atoms with E-state index in [1.54, 1.807) is 0 Å². The third kappa shape index (κ3) is 2.61. The Morgan fingerprint density at radius 2 is 2.12 bits per heavy atom. The second-order valence-electron chi connectivity index (χ2n) is 1.92. The highest BCUT2D eigenvalue weighted by Gasteiger charge is 2.04. The minimum absolute atomic E-state index is 0.340. The van der Waals surface area contributed by atoms with Gasteiger partial charge >= 0.3 is 0 Å². The van der Waals surface area contributed by atoms with Crippen LogP contribution < -0.4 is 3.53 Å². The van der Waals surface area contributed by atoms with Crippen LogP contribution in [0.5, 0.6) is 0 Å². The van der Waals surface area contributed by atoms with E-state index < -0.39 is 0 Å². The van der Waals surface area contributed by atoms with E-state index in [9.17, 15) is 0 Å². The fourth-order valence-electron chi connectivity index (χ4n) is 0.244. The highest BCUT2D eigenvalue weighted by molar-refractivity contribution is 14.1. The van der Waals surface area contributed by atoms with Crippen LogP contribution in [0.4, 0.5) is 0 Å². The molecule has 8 heavy (non-hydrogen) atoms. The zero-order valence-corrected chi connectivity index (χ0v) is 7.27. The lowest BCUT2D eigenvalue weighted by Crippen LogP contribution is -2.24. The minimum atomic E-state index is 0.340. The summed E-state index contributed by atoms with van der Waals surface area (Å²) in [7, 11) is 0. The molecular weight excluding hydrogens is 215 g/mol. The summed E-state index contributed by atoms with van der Waals surface area (Å²) in [5, 5.41) is 6.87. The van der Waals surface area contributed by atoms with Gasteiger partial charge in [0.25, 0.3) is 0 Å². The molecule has 0 heterocycles. The van der Waals surface area contributed by atoms with Gasteiger partial charge in [-0.3, -0.25) is 3.53 Å². The molecule has 0 radical (unpaired) electrons. The van der Waals surface area contributed by atoms with E-state index in [0.717, 1.165) is 0 Å². The Hall–Kier alpha value is 0.360. The summed E-state index contributed by atoms with van der Waals surface area (Å²) in [5.41, 5.74) is 0. The molecule has 0 spiro atoms. The van der Waals surface area contributed by atoms with Crippen molar-refractivity contribution in [3.05, 3.63) is 0 Å². The van der Waals surface area contributed by atoms with Crippen LogP contribution in [0.3, 0.4) is 0 Å². The van der Waals surface area contributed by atoms with Crippen molar-refractivity contribution < 1.29 is 0 Å². The Morgan fingerprint density at radius 3 is 2.25 bits per heavy atom. The monoisotopic (exact) mass is 226 g/mol. The van der Waals surface area contributed by atoms with Gasteiger partial charge in [0, 0.05) is 34.8 Å². The molecule has 0 bridgehead atoms. The Bertz CT molecular complexity index is 74.8. The lowest BCUT2D eigenvalue weighted by Gasteiger charge is -2.11. The summed E-state index contributed by atoms with van der Waals surface area (Å²) < 4.78 is 3.03. The largest absolute Gasteiger partial charge is 0.313 e. The Kier molecular flexibility index (Phi) is 4.45. The molecular formula is C5H11IN2. The first-order chi connectivity index (χ1) is 3.72. The summed E-state index contributed by atoms with van der Waals surface area (Å²) in [4.78, 5) is 0. The highest BCUT2D eigenvalue weighted by atomic mass is 127. The second-order valence-corrected chi connectivity index (χ2v) is 2.55. The van der Waals surface area contributed by atoms with Crippen LogP contribution >= 0.6 is 22.9 Å². The Labute approximate surface area is 64.1 Å². The van der Waals surface area contributed by atoms with Crippen molar-refractivity contribution in [1.29, 1.82) is 5.41 Å². The smallest absolute Gasteiger partial charge is 0.0210 e. The first-order valence-electron chi connectivity index (χ1n) is 2.59. The van der Waals surface area contributed by atoms with Crippen molar-refractivity contribution in [3.8, 4) is 0 Å². The molecule has 0 aliphatic carbocycles. The van der Waals surface area contributed by atoms with Gasteiger partial charge < -0.3 is 5.41 Å². The molecule has 3 heteroatoms. The van der Waals surface area contributed by atoms with Crippen LogP contribution in [0, 0.1) is 11.3 Å². The second kappa shape index (κ2) is 4.26. The van der Waals surface area contributed by atoms with Crippen molar-refractivity contribution >= 4 is 29.1 Å². The molecule has 0 rings (SSSR count). The summed E-state index contributed by atoms with van der Waals surface area (Å²) >= 11 is 2.10. The van der Waals surface area contributed by atoms with E-state index in [1.807, 2.05) is 6.92 Å². The Balaban J connectivity index is 3.44. The molecule has 2 N–H and O–H groups in total. The zero-order chi connectivity index (χ0) is 6.57. The number of hydrogen-bond donors (Lipinski definition) is 2. The van der Waals surface area contributed by atoms with Crippen molar-refractivity contribution in [2.75, 3.05) is 0 Å². The van der Waals surface area contributed by atoms with Crippen LogP contribution in [-0.2, 0) is 0 Å². The molecule has 0 amide bonds. The first kappa shape index (κ1) is 8.36. The standard InChI is InChI=1S/C5H11IN2/c1-4(3-7)5(2)8-6/h3-5,7-8H,1-2H3. The molecule has 2 nitrogen and oxygen atoms in total.